The maximum absolute atomic E-state index is 12.2. The van der Waals surface area contributed by atoms with Gasteiger partial charge in [0.2, 0.25) is 0 Å². The van der Waals surface area contributed by atoms with Crippen molar-refractivity contribution < 1.29 is 28.6 Å². The molecule has 31 heavy (non-hydrogen) atoms. The van der Waals surface area contributed by atoms with E-state index in [1.54, 1.807) is 20.8 Å². The molecule has 0 bridgehead atoms. The van der Waals surface area contributed by atoms with Crippen molar-refractivity contribution >= 4 is 18.0 Å². The van der Waals surface area contributed by atoms with Crippen LogP contribution in [0.2, 0.25) is 0 Å². The first kappa shape index (κ1) is 23.9. The van der Waals surface area contributed by atoms with Crippen molar-refractivity contribution in [1.29, 1.82) is 0 Å². The van der Waals surface area contributed by atoms with E-state index in [1.165, 1.54) is 0 Å². The number of amides is 1. The molecule has 166 valence electrons. The van der Waals surface area contributed by atoms with Crippen LogP contribution in [0.25, 0.3) is 0 Å². The van der Waals surface area contributed by atoms with Crippen LogP contribution in [0.4, 0.5) is 4.79 Å². The van der Waals surface area contributed by atoms with Gasteiger partial charge in [0.25, 0.3) is 0 Å². The number of rotatable bonds is 9. The topological polar surface area (TPSA) is 90.9 Å². The molecule has 0 spiro atoms. The smallest absolute Gasteiger partial charge is 0.408 e. The molecule has 0 aliphatic rings. The Morgan fingerprint density at radius 3 is 1.97 bits per heavy atom. The van der Waals surface area contributed by atoms with Crippen LogP contribution in [0.5, 0.6) is 0 Å². The standard InChI is InChI=1S/C24H29NO6/c1-24(2,3)31-23(28)25-20(19-12-8-5-9-13-19)17-30-22(27)15-14-21(26)29-16-18-10-6-4-7-11-18/h4-13,20H,14-17H2,1-3H3,(H,25,28)/t20-/m1/s1. The van der Waals surface area contributed by atoms with Crippen molar-refractivity contribution in [2.24, 2.45) is 0 Å². The Morgan fingerprint density at radius 2 is 1.39 bits per heavy atom. The van der Waals surface area contributed by atoms with Gasteiger partial charge in [0.1, 0.15) is 18.8 Å². The normalized spacial score (nSPS) is 11.8. The van der Waals surface area contributed by atoms with Crippen molar-refractivity contribution in [2.45, 2.75) is 51.9 Å². The fourth-order valence-electron chi connectivity index (χ4n) is 2.62. The lowest BCUT2D eigenvalue weighted by atomic mass is 10.1. The van der Waals surface area contributed by atoms with Gasteiger partial charge in [-0.1, -0.05) is 60.7 Å². The summed E-state index contributed by atoms with van der Waals surface area (Å²) in [5.41, 5.74) is 0.989. The van der Waals surface area contributed by atoms with E-state index in [0.717, 1.165) is 11.1 Å². The molecule has 1 N–H and O–H groups in total. The van der Waals surface area contributed by atoms with E-state index in [-0.39, 0.29) is 26.1 Å². The molecule has 1 amide bonds. The van der Waals surface area contributed by atoms with Crippen molar-refractivity contribution in [2.75, 3.05) is 6.61 Å². The van der Waals surface area contributed by atoms with Crippen LogP contribution < -0.4 is 5.32 Å². The monoisotopic (exact) mass is 427 g/mol. The number of carbonyl (C=O) groups is 3. The number of nitrogens with one attached hydrogen (secondary N) is 1. The van der Waals surface area contributed by atoms with Crippen LogP contribution in [0.3, 0.4) is 0 Å². The molecule has 0 unspecified atom stereocenters. The fourth-order valence-corrected chi connectivity index (χ4v) is 2.62. The lowest BCUT2D eigenvalue weighted by molar-refractivity contribution is -0.151. The average molecular weight is 427 g/mol. The van der Waals surface area contributed by atoms with Gasteiger partial charge in [-0.25, -0.2) is 4.79 Å². The highest BCUT2D eigenvalue weighted by Gasteiger charge is 2.22. The highest BCUT2D eigenvalue weighted by molar-refractivity contribution is 5.77. The van der Waals surface area contributed by atoms with Gasteiger partial charge in [0, 0.05) is 0 Å². The summed E-state index contributed by atoms with van der Waals surface area (Å²) >= 11 is 0. The molecule has 0 saturated carbocycles. The number of benzene rings is 2. The molecule has 1 atom stereocenters. The number of hydrogen-bond donors (Lipinski definition) is 1. The Morgan fingerprint density at radius 1 is 0.839 bits per heavy atom. The number of hydrogen-bond acceptors (Lipinski definition) is 6. The van der Waals surface area contributed by atoms with Crippen LogP contribution in [-0.4, -0.2) is 30.2 Å². The summed E-state index contributed by atoms with van der Waals surface area (Å²) < 4.78 is 15.7. The summed E-state index contributed by atoms with van der Waals surface area (Å²) in [5.74, 6) is -1.03. The van der Waals surface area contributed by atoms with Crippen molar-refractivity contribution in [3.05, 3.63) is 71.8 Å². The Kier molecular flexibility index (Phi) is 9.06. The first-order valence-corrected chi connectivity index (χ1v) is 10.1. The summed E-state index contributed by atoms with van der Waals surface area (Å²) in [6, 6.07) is 17.8. The molecule has 0 aliphatic carbocycles. The summed E-state index contributed by atoms with van der Waals surface area (Å²) in [4.78, 5) is 36.1. The van der Waals surface area contributed by atoms with Gasteiger partial charge in [-0.05, 0) is 31.9 Å². The molecule has 0 fully saturated rings. The Labute approximate surface area is 182 Å². The van der Waals surface area contributed by atoms with Crippen LogP contribution in [0.15, 0.2) is 60.7 Å². The highest BCUT2D eigenvalue weighted by Crippen LogP contribution is 2.15. The van der Waals surface area contributed by atoms with Gasteiger partial charge in [0.05, 0.1) is 18.9 Å². The van der Waals surface area contributed by atoms with Crippen molar-refractivity contribution in [3.63, 3.8) is 0 Å². The zero-order valence-electron chi connectivity index (χ0n) is 18.1. The summed E-state index contributed by atoms with van der Waals surface area (Å²) in [6.45, 7) is 5.37. The van der Waals surface area contributed by atoms with Crippen LogP contribution in [-0.2, 0) is 30.4 Å². The average Bonchev–Trinajstić information content (AvgIpc) is 2.73. The minimum absolute atomic E-state index is 0.0822. The molecule has 7 nitrogen and oxygen atoms in total. The van der Waals surface area contributed by atoms with Crippen molar-refractivity contribution in [3.8, 4) is 0 Å². The molecule has 0 aliphatic heterocycles. The summed E-state index contributed by atoms with van der Waals surface area (Å²) in [7, 11) is 0. The first-order chi connectivity index (χ1) is 14.7. The van der Waals surface area contributed by atoms with E-state index in [0.29, 0.717) is 0 Å². The SMILES string of the molecule is CC(C)(C)OC(=O)N[C@H](COC(=O)CCC(=O)OCc1ccccc1)c1ccccc1. The van der Waals surface area contributed by atoms with Gasteiger partial charge in [-0.3, -0.25) is 9.59 Å². The largest absolute Gasteiger partial charge is 0.463 e. The Bertz CT molecular complexity index is 845. The predicted molar refractivity (Wildman–Crippen MR) is 115 cm³/mol. The number of esters is 2. The van der Waals surface area contributed by atoms with Gasteiger partial charge >= 0.3 is 18.0 Å². The molecule has 0 radical (unpaired) electrons. The quantitative estimate of drug-likeness (QED) is 0.473. The minimum Gasteiger partial charge on any atom is -0.463 e. The highest BCUT2D eigenvalue weighted by atomic mass is 16.6. The van der Waals surface area contributed by atoms with E-state index in [2.05, 4.69) is 5.32 Å². The Hall–Kier alpha value is -3.35. The van der Waals surface area contributed by atoms with Crippen LogP contribution >= 0.6 is 0 Å². The van der Waals surface area contributed by atoms with Gasteiger partial charge in [-0.2, -0.15) is 0 Å². The van der Waals surface area contributed by atoms with Crippen LogP contribution in [0.1, 0.15) is 50.8 Å². The maximum Gasteiger partial charge on any atom is 0.408 e. The molecule has 7 heteroatoms. The second kappa shape index (κ2) is 11.7. The second-order valence-electron chi connectivity index (χ2n) is 7.94. The molecule has 2 aromatic carbocycles. The molecule has 0 heterocycles. The summed E-state index contributed by atoms with van der Waals surface area (Å²) in [5, 5.41) is 2.72. The number of alkyl carbamates (subject to hydrolysis) is 1. The second-order valence-corrected chi connectivity index (χ2v) is 7.94. The molecule has 0 saturated heterocycles. The number of ether oxygens (including phenoxy) is 3. The third-order valence-corrected chi connectivity index (χ3v) is 4.08. The maximum atomic E-state index is 12.2. The van der Waals surface area contributed by atoms with E-state index in [9.17, 15) is 14.4 Å². The van der Waals surface area contributed by atoms with Gasteiger partial charge in [0.15, 0.2) is 0 Å². The van der Waals surface area contributed by atoms with Crippen LogP contribution in [0, 0.1) is 0 Å². The molecule has 2 aromatic rings. The fraction of sp³-hybridized carbons (Fsp3) is 0.375. The third kappa shape index (κ3) is 9.80. The zero-order chi connectivity index (χ0) is 22.7. The zero-order valence-corrected chi connectivity index (χ0v) is 18.1. The van der Waals surface area contributed by atoms with Gasteiger partial charge < -0.3 is 19.5 Å². The molecular formula is C24H29NO6. The van der Waals surface area contributed by atoms with E-state index < -0.39 is 29.7 Å². The molecule has 2 rings (SSSR count). The molecular weight excluding hydrogens is 398 g/mol. The minimum atomic E-state index is -0.651. The lowest BCUT2D eigenvalue weighted by Gasteiger charge is -2.23. The lowest BCUT2D eigenvalue weighted by Crippen LogP contribution is -2.37. The van der Waals surface area contributed by atoms with E-state index in [4.69, 9.17) is 14.2 Å². The summed E-state index contributed by atoms with van der Waals surface area (Å²) in [6.07, 6.45) is -0.801. The Balaban J connectivity index is 1.81. The predicted octanol–water partition coefficient (Wildman–Crippen LogP) is 4.32. The third-order valence-electron chi connectivity index (χ3n) is 4.08. The first-order valence-electron chi connectivity index (χ1n) is 10.1. The van der Waals surface area contributed by atoms with Gasteiger partial charge in [-0.15, -0.1) is 0 Å². The van der Waals surface area contributed by atoms with Crippen molar-refractivity contribution in [1.82, 2.24) is 5.32 Å². The van der Waals surface area contributed by atoms with E-state index in [1.807, 2.05) is 60.7 Å². The molecule has 0 aromatic heterocycles. The van der Waals surface area contributed by atoms with E-state index >= 15 is 0 Å². The number of carbonyl (C=O) groups excluding carboxylic acids is 3.